The Bertz CT molecular complexity index is 1110. The Labute approximate surface area is 261 Å². The molecule has 3 N–H and O–H groups in total. The number of hydrogen-bond donors (Lipinski definition) is 2. The Balaban J connectivity index is 1.98. The van der Waals surface area contributed by atoms with Gasteiger partial charge >= 0.3 is 12.1 Å². The number of primary amides is 1. The topological polar surface area (TPSA) is 162 Å². The third kappa shape index (κ3) is 8.33. The van der Waals surface area contributed by atoms with Gasteiger partial charge in [0.15, 0.2) is 24.0 Å². The molecule has 0 unspecified atom stereocenters. The highest BCUT2D eigenvalue weighted by Gasteiger charge is 2.55. The van der Waals surface area contributed by atoms with Crippen LogP contribution in [0.4, 0.5) is 4.79 Å². The SMILES string of the molecule is CO[C@@H]1[C@@H](OC(N)=O)[C@@H](OC)[C@H](O[C@@H]2C[C@H]3O[C@@](O)(C2)[C@H](C)C(=O)O[C@@H](/C=C/C=C/Br)C/C(C)=C/C(=O)C3(C)C)O[C@H]1C. The Morgan fingerprint density at radius 1 is 1.14 bits per heavy atom. The van der Waals surface area contributed by atoms with Crippen LogP contribution in [0.1, 0.15) is 53.9 Å². The number of fused-ring (bicyclic) bond motifs is 2. The molecule has 0 spiro atoms. The molecular formula is C30H44BrNO11. The number of rotatable bonds is 7. The van der Waals surface area contributed by atoms with Crippen molar-refractivity contribution in [3.63, 3.8) is 0 Å². The fourth-order valence-electron chi connectivity index (χ4n) is 5.69. The molecule has 3 rings (SSSR count). The van der Waals surface area contributed by atoms with E-state index in [1.54, 1.807) is 50.9 Å². The quantitative estimate of drug-likeness (QED) is 0.301. The van der Waals surface area contributed by atoms with Gasteiger partial charge < -0.3 is 44.0 Å². The van der Waals surface area contributed by atoms with Crippen LogP contribution in [0.2, 0.25) is 0 Å². The van der Waals surface area contributed by atoms with Crippen molar-refractivity contribution in [2.75, 3.05) is 14.2 Å². The average molecular weight is 675 g/mol. The smallest absolute Gasteiger partial charge is 0.404 e. The number of cyclic esters (lactones) is 1. The molecule has 0 aromatic carbocycles. The molecule has 13 heteroatoms. The third-order valence-corrected chi connectivity index (χ3v) is 8.65. The van der Waals surface area contributed by atoms with Crippen LogP contribution in [0.3, 0.4) is 0 Å². The number of esters is 1. The zero-order chi connectivity index (χ0) is 32.1. The summed E-state index contributed by atoms with van der Waals surface area (Å²) < 4.78 is 40.9. The summed E-state index contributed by atoms with van der Waals surface area (Å²) in [6.45, 7) is 8.50. The molecule has 3 aliphatic rings. The summed E-state index contributed by atoms with van der Waals surface area (Å²) in [4.78, 5) is 40.3. The molecule has 0 aromatic heterocycles. The average Bonchev–Trinajstić information content (AvgIpc) is 2.91. The van der Waals surface area contributed by atoms with Crippen molar-refractivity contribution >= 4 is 33.8 Å². The van der Waals surface area contributed by atoms with Crippen molar-refractivity contribution in [1.82, 2.24) is 0 Å². The standard InChI is InChI=1S/C30H44BrNO11/c1-16-12-19(10-8-9-11-31)40-26(34)17(2)30(36)15-20(14-22(43-30)29(4,5)21(33)13-16)41-27-25(38-7)24(42-28(32)35)23(37-6)18(3)39-27/h8-11,13,17-20,22-25,27,36H,12,14-15H2,1-7H3,(H2,32,35)/b10-8+,11-9+,16-13+/t17-,18+,19+,20-,22-,23+,24-,25-,27+,30+/m1/s1. The van der Waals surface area contributed by atoms with Gasteiger partial charge in [-0.1, -0.05) is 47.5 Å². The van der Waals surface area contributed by atoms with E-state index in [2.05, 4.69) is 15.9 Å². The number of halogens is 1. The number of ether oxygens (including phenoxy) is 7. The molecule has 2 saturated heterocycles. The van der Waals surface area contributed by atoms with Crippen molar-refractivity contribution in [1.29, 1.82) is 0 Å². The first kappa shape index (κ1) is 35.4. The fraction of sp³-hybridized carbons (Fsp3) is 0.700. The number of methoxy groups -OCH3 is 2. The van der Waals surface area contributed by atoms with Gasteiger partial charge in [0.25, 0.3) is 0 Å². The van der Waals surface area contributed by atoms with Crippen LogP contribution >= 0.6 is 15.9 Å². The van der Waals surface area contributed by atoms with Gasteiger partial charge in [0.1, 0.15) is 24.2 Å². The normalized spacial score (nSPS) is 40.3. The highest BCUT2D eigenvalue weighted by molar-refractivity contribution is 9.11. The van der Waals surface area contributed by atoms with Crippen LogP contribution < -0.4 is 5.73 Å². The lowest BCUT2D eigenvalue weighted by Gasteiger charge is -2.49. The van der Waals surface area contributed by atoms with E-state index in [1.165, 1.54) is 27.2 Å². The number of hydrogen-bond acceptors (Lipinski definition) is 11. The second kappa shape index (κ2) is 14.8. The predicted molar refractivity (Wildman–Crippen MR) is 158 cm³/mol. The molecule has 43 heavy (non-hydrogen) atoms. The number of carbonyl (C=O) groups excluding carboxylic acids is 3. The lowest BCUT2D eigenvalue weighted by molar-refractivity contribution is -0.347. The van der Waals surface area contributed by atoms with Gasteiger partial charge in [-0.25, -0.2) is 4.79 Å². The molecule has 2 bridgehead atoms. The minimum atomic E-state index is -2.05. The van der Waals surface area contributed by atoms with E-state index in [0.29, 0.717) is 6.42 Å². The van der Waals surface area contributed by atoms with Crippen LogP contribution in [0.25, 0.3) is 0 Å². The van der Waals surface area contributed by atoms with Gasteiger partial charge in [0.2, 0.25) is 0 Å². The highest BCUT2D eigenvalue weighted by atomic mass is 79.9. The van der Waals surface area contributed by atoms with Crippen LogP contribution in [-0.2, 0) is 42.7 Å². The Kier molecular flexibility index (Phi) is 12.1. The monoisotopic (exact) mass is 673 g/mol. The molecule has 1 amide bonds. The van der Waals surface area contributed by atoms with Gasteiger partial charge in [-0.05, 0) is 37.9 Å². The van der Waals surface area contributed by atoms with E-state index in [9.17, 15) is 19.5 Å². The number of ketones is 1. The number of allylic oxidation sites excluding steroid dienone is 3. The van der Waals surface area contributed by atoms with Crippen molar-refractivity contribution < 1.29 is 52.6 Å². The van der Waals surface area contributed by atoms with Gasteiger partial charge in [-0.15, -0.1) is 0 Å². The van der Waals surface area contributed by atoms with Gasteiger partial charge in [-0.3, -0.25) is 9.59 Å². The fourth-order valence-corrected chi connectivity index (χ4v) is 5.86. The van der Waals surface area contributed by atoms with Crippen molar-refractivity contribution in [3.05, 3.63) is 34.9 Å². The van der Waals surface area contributed by atoms with Gasteiger partial charge in [0.05, 0.1) is 23.7 Å². The minimum Gasteiger partial charge on any atom is -0.457 e. The molecule has 3 heterocycles. The maximum absolute atomic E-state index is 13.6. The van der Waals surface area contributed by atoms with Crippen LogP contribution in [-0.4, -0.2) is 92.0 Å². The molecule has 12 nitrogen and oxygen atoms in total. The van der Waals surface area contributed by atoms with Gasteiger partial charge in [0, 0.05) is 33.5 Å². The second-order valence-electron chi connectivity index (χ2n) is 11.8. The first-order valence-corrected chi connectivity index (χ1v) is 15.2. The summed E-state index contributed by atoms with van der Waals surface area (Å²) in [6, 6.07) is 0. The molecule has 2 fully saturated rings. The third-order valence-electron chi connectivity index (χ3n) is 8.34. The lowest BCUT2D eigenvalue weighted by Crippen LogP contribution is -2.62. The Morgan fingerprint density at radius 3 is 2.42 bits per heavy atom. The lowest BCUT2D eigenvalue weighted by atomic mass is 9.75. The maximum atomic E-state index is 13.6. The molecular weight excluding hydrogens is 630 g/mol. The predicted octanol–water partition coefficient (Wildman–Crippen LogP) is 3.44. The van der Waals surface area contributed by atoms with Crippen LogP contribution in [0, 0.1) is 11.3 Å². The maximum Gasteiger partial charge on any atom is 0.404 e. The molecule has 242 valence electrons. The zero-order valence-corrected chi connectivity index (χ0v) is 27.3. The van der Waals surface area contributed by atoms with E-state index in [4.69, 9.17) is 38.9 Å². The van der Waals surface area contributed by atoms with E-state index in [0.717, 1.165) is 5.57 Å². The number of carbonyl (C=O) groups is 3. The summed E-state index contributed by atoms with van der Waals surface area (Å²) in [5.41, 5.74) is 4.94. The molecule has 3 aliphatic heterocycles. The molecule has 10 atom stereocenters. The first-order chi connectivity index (χ1) is 20.2. The highest BCUT2D eigenvalue weighted by Crippen LogP contribution is 2.43. The van der Waals surface area contributed by atoms with E-state index in [-0.39, 0.29) is 18.6 Å². The number of aliphatic hydroxyl groups is 1. The first-order valence-electron chi connectivity index (χ1n) is 14.2. The second-order valence-corrected chi connectivity index (χ2v) is 12.4. The van der Waals surface area contributed by atoms with E-state index < -0.39 is 78.2 Å². The van der Waals surface area contributed by atoms with Crippen molar-refractivity contribution in [2.45, 2.75) is 109 Å². The minimum absolute atomic E-state index is 0.147. The number of amides is 1. The van der Waals surface area contributed by atoms with Crippen LogP contribution in [0.5, 0.6) is 0 Å². The summed E-state index contributed by atoms with van der Waals surface area (Å²) in [7, 11) is 2.85. The molecule has 0 aromatic rings. The molecule has 0 radical (unpaired) electrons. The largest absolute Gasteiger partial charge is 0.457 e. The molecule has 0 saturated carbocycles. The Hall–Kier alpha value is -2.13. The van der Waals surface area contributed by atoms with E-state index in [1.807, 2.05) is 0 Å². The van der Waals surface area contributed by atoms with Crippen molar-refractivity contribution in [3.8, 4) is 0 Å². The van der Waals surface area contributed by atoms with E-state index >= 15 is 0 Å². The van der Waals surface area contributed by atoms with Crippen molar-refractivity contribution in [2.24, 2.45) is 17.1 Å². The summed E-state index contributed by atoms with van der Waals surface area (Å²) in [5.74, 6) is -4.08. The summed E-state index contributed by atoms with van der Waals surface area (Å²) in [5, 5.41) is 11.9. The molecule has 0 aliphatic carbocycles. The summed E-state index contributed by atoms with van der Waals surface area (Å²) >= 11 is 3.20. The van der Waals surface area contributed by atoms with Gasteiger partial charge in [-0.2, -0.15) is 0 Å². The summed E-state index contributed by atoms with van der Waals surface area (Å²) in [6.07, 6.45) is -0.614. The van der Waals surface area contributed by atoms with Crippen LogP contribution in [0.15, 0.2) is 34.9 Å². The number of nitrogens with two attached hydrogens (primary N) is 1. The zero-order valence-electron chi connectivity index (χ0n) is 25.7. The Morgan fingerprint density at radius 2 is 1.81 bits per heavy atom.